The highest BCUT2D eigenvalue weighted by Crippen LogP contribution is 2.30. The molecule has 0 radical (unpaired) electrons. The maximum absolute atomic E-state index is 13.3. The number of aromatic nitrogens is 5. The number of fused-ring (bicyclic) bond motifs is 1. The van der Waals surface area contributed by atoms with Crippen LogP contribution in [-0.2, 0) is 15.8 Å². The van der Waals surface area contributed by atoms with Gasteiger partial charge in [0.25, 0.3) is 0 Å². The summed E-state index contributed by atoms with van der Waals surface area (Å²) in [5, 5.41) is 8.35. The normalized spacial score (nSPS) is 16.7. The molecular weight excluding hydrogens is 466 g/mol. The largest absolute Gasteiger partial charge is 0.477 e. The summed E-state index contributed by atoms with van der Waals surface area (Å²) in [5.41, 5.74) is 2.71. The smallest absolute Gasteiger partial charge is 0.244 e. The Bertz CT molecular complexity index is 1450. The van der Waals surface area contributed by atoms with Crippen molar-refractivity contribution < 1.29 is 13.2 Å². The quantitative estimate of drug-likeness (QED) is 0.397. The summed E-state index contributed by atoms with van der Waals surface area (Å²) in [4.78, 5) is 11.4. The number of ether oxygens (including phenoxy) is 1. The predicted molar refractivity (Wildman–Crippen MR) is 135 cm³/mol. The van der Waals surface area contributed by atoms with Gasteiger partial charge in [-0.05, 0) is 45.5 Å². The molecule has 0 bridgehead atoms. The highest BCUT2D eigenvalue weighted by Gasteiger charge is 2.25. The van der Waals surface area contributed by atoms with Crippen LogP contribution in [0.1, 0.15) is 30.6 Å². The number of likely N-dealkylation sites (N-methyl/N-ethyl adjacent to an activating group) is 1. The molecule has 4 heterocycles. The molecule has 1 atom stereocenters. The molecule has 0 aliphatic carbocycles. The van der Waals surface area contributed by atoms with Gasteiger partial charge < -0.3 is 15.0 Å². The Kier molecular flexibility index (Phi) is 6.20. The molecule has 0 spiro atoms. The van der Waals surface area contributed by atoms with Crippen molar-refractivity contribution in [2.45, 2.75) is 32.1 Å². The lowest BCUT2D eigenvalue weighted by molar-refractivity contribution is 0.331. The van der Waals surface area contributed by atoms with Crippen molar-refractivity contribution in [2.24, 2.45) is 0 Å². The van der Waals surface area contributed by atoms with E-state index in [2.05, 4.69) is 32.3 Å². The molecule has 1 fully saturated rings. The topological polar surface area (TPSA) is 107 Å². The van der Waals surface area contributed by atoms with Crippen LogP contribution in [0, 0.1) is 6.92 Å². The molecule has 1 aliphatic heterocycles. The van der Waals surface area contributed by atoms with Crippen molar-refractivity contribution in [2.75, 3.05) is 32.1 Å². The summed E-state index contributed by atoms with van der Waals surface area (Å²) in [7, 11) is -1.61. The number of rotatable bonds is 8. The van der Waals surface area contributed by atoms with E-state index in [1.807, 2.05) is 36.7 Å². The van der Waals surface area contributed by atoms with E-state index in [1.54, 1.807) is 24.4 Å². The minimum atomic E-state index is -3.72. The van der Waals surface area contributed by atoms with Crippen molar-refractivity contribution >= 4 is 32.7 Å². The Morgan fingerprint density at radius 2 is 1.97 bits per heavy atom. The van der Waals surface area contributed by atoms with E-state index in [1.165, 1.54) is 10.2 Å². The number of hydrogen-bond acceptors (Lipinski definition) is 8. The molecule has 10 nitrogen and oxygen atoms in total. The first kappa shape index (κ1) is 23.3. The minimum absolute atomic E-state index is 0.143. The second-order valence-electron chi connectivity index (χ2n) is 8.79. The van der Waals surface area contributed by atoms with E-state index >= 15 is 0 Å². The summed E-state index contributed by atoms with van der Waals surface area (Å²) in [5.74, 6) is 0.439. The second kappa shape index (κ2) is 9.31. The number of likely N-dealkylation sites (tertiary alicyclic amines) is 1. The van der Waals surface area contributed by atoms with Gasteiger partial charge in [0.1, 0.15) is 0 Å². The number of benzene rings is 1. The second-order valence-corrected chi connectivity index (χ2v) is 10.6. The van der Waals surface area contributed by atoms with Crippen LogP contribution in [0.2, 0.25) is 0 Å². The molecule has 1 aromatic carbocycles. The van der Waals surface area contributed by atoms with E-state index in [4.69, 9.17) is 4.74 Å². The molecule has 1 saturated heterocycles. The summed E-state index contributed by atoms with van der Waals surface area (Å²) in [6, 6.07) is 11.1. The molecule has 5 rings (SSSR count). The van der Waals surface area contributed by atoms with Gasteiger partial charge in [0.05, 0.1) is 41.4 Å². The lowest BCUT2D eigenvalue weighted by atomic mass is 10.2. The van der Waals surface area contributed by atoms with Crippen molar-refractivity contribution in [1.82, 2.24) is 28.6 Å². The van der Waals surface area contributed by atoms with Gasteiger partial charge in [-0.15, -0.1) is 0 Å². The molecule has 0 amide bonds. The van der Waals surface area contributed by atoms with Gasteiger partial charge >= 0.3 is 0 Å². The molecule has 11 heteroatoms. The average molecular weight is 496 g/mol. The lowest BCUT2D eigenvalue weighted by Gasteiger charge is -2.14. The predicted octanol–water partition coefficient (Wildman–Crippen LogP) is 3.33. The van der Waals surface area contributed by atoms with Gasteiger partial charge in [-0.3, -0.25) is 4.68 Å². The van der Waals surface area contributed by atoms with E-state index in [9.17, 15) is 8.42 Å². The van der Waals surface area contributed by atoms with E-state index in [0.29, 0.717) is 29.5 Å². The van der Waals surface area contributed by atoms with E-state index in [-0.39, 0.29) is 17.3 Å². The van der Waals surface area contributed by atoms with Crippen molar-refractivity contribution in [3.63, 3.8) is 0 Å². The fraction of sp³-hybridized carbons (Fsp3) is 0.375. The summed E-state index contributed by atoms with van der Waals surface area (Å²) < 4.78 is 35.5. The SMILES string of the molecule is CCOc1nc(Nc2cnn(C3CCN(C)C3)c2C)nc2c1ccn2S(=O)(=O)Cc1ccccc1. The highest BCUT2D eigenvalue weighted by atomic mass is 32.2. The summed E-state index contributed by atoms with van der Waals surface area (Å²) >= 11 is 0. The first-order valence-corrected chi connectivity index (χ1v) is 13.3. The average Bonchev–Trinajstić information content (AvgIpc) is 3.54. The molecule has 1 N–H and O–H groups in total. The maximum Gasteiger partial charge on any atom is 0.244 e. The number of anilines is 2. The van der Waals surface area contributed by atoms with Crippen LogP contribution >= 0.6 is 0 Å². The third kappa shape index (κ3) is 4.61. The molecule has 3 aromatic heterocycles. The zero-order chi connectivity index (χ0) is 24.6. The highest BCUT2D eigenvalue weighted by molar-refractivity contribution is 7.89. The molecule has 0 saturated carbocycles. The van der Waals surface area contributed by atoms with Crippen LogP contribution < -0.4 is 10.1 Å². The van der Waals surface area contributed by atoms with Crippen molar-refractivity contribution in [3.05, 3.63) is 60.0 Å². The number of nitrogens with zero attached hydrogens (tertiary/aromatic N) is 6. The molecule has 1 unspecified atom stereocenters. The Hall–Kier alpha value is -3.44. The zero-order valence-corrected chi connectivity index (χ0v) is 20.9. The van der Waals surface area contributed by atoms with Crippen LogP contribution in [0.5, 0.6) is 5.88 Å². The van der Waals surface area contributed by atoms with Gasteiger partial charge in [0.2, 0.25) is 21.9 Å². The first-order chi connectivity index (χ1) is 16.9. The van der Waals surface area contributed by atoms with Crippen LogP contribution in [0.4, 0.5) is 11.6 Å². The first-order valence-electron chi connectivity index (χ1n) is 11.6. The third-order valence-electron chi connectivity index (χ3n) is 6.25. The fourth-order valence-corrected chi connectivity index (χ4v) is 5.89. The maximum atomic E-state index is 13.3. The standard InChI is InChI=1S/C24H29N7O3S/c1-4-34-23-20-11-13-30(35(32,33)16-18-8-6-5-7-9-18)22(20)27-24(28-23)26-21-14-25-31(17(21)2)19-10-12-29(3)15-19/h5-9,11,13-14,19H,4,10,12,15-16H2,1-3H3,(H,26,27,28). The Morgan fingerprint density at radius 1 is 1.17 bits per heavy atom. The van der Waals surface area contributed by atoms with Crippen LogP contribution in [0.3, 0.4) is 0 Å². The monoisotopic (exact) mass is 495 g/mol. The van der Waals surface area contributed by atoms with Gasteiger partial charge in [0, 0.05) is 12.7 Å². The Labute approximate surface area is 204 Å². The van der Waals surface area contributed by atoms with Crippen LogP contribution in [0.15, 0.2) is 48.8 Å². The third-order valence-corrected chi connectivity index (χ3v) is 7.84. The van der Waals surface area contributed by atoms with Crippen LogP contribution in [0.25, 0.3) is 11.0 Å². The van der Waals surface area contributed by atoms with Gasteiger partial charge in [-0.2, -0.15) is 15.1 Å². The zero-order valence-electron chi connectivity index (χ0n) is 20.0. The fourth-order valence-electron chi connectivity index (χ4n) is 4.49. The number of hydrogen-bond donors (Lipinski definition) is 1. The van der Waals surface area contributed by atoms with Gasteiger partial charge in [-0.1, -0.05) is 30.3 Å². The Balaban J connectivity index is 1.51. The van der Waals surface area contributed by atoms with E-state index < -0.39 is 10.0 Å². The van der Waals surface area contributed by atoms with Gasteiger partial charge in [-0.25, -0.2) is 12.4 Å². The van der Waals surface area contributed by atoms with Gasteiger partial charge in [0.15, 0.2) is 5.65 Å². The van der Waals surface area contributed by atoms with E-state index in [0.717, 1.165) is 30.9 Å². The molecule has 4 aromatic rings. The lowest BCUT2D eigenvalue weighted by Crippen LogP contribution is -2.18. The molecular formula is C24H29N7O3S. The summed E-state index contributed by atoms with van der Waals surface area (Å²) in [6.45, 7) is 6.24. The van der Waals surface area contributed by atoms with Crippen molar-refractivity contribution in [3.8, 4) is 5.88 Å². The summed E-state index contributed by atoms with van der Waals surface area (Å²) in [6.07, 6.45) is 4.30. The minimum Gasteiger partial charge on any atom is -0.477 e. The molecule has 184 valence electrons. The Morgan fingerprint density at radius 3 is 2.69 bits per heavy atom. The van der Waals surface area contributed by atoms with Crippen molar-refractivity contribution in [1.29, 1.82) is 0 Å². The number of nitrogens with one attached hydrogen (secondary N) is 1. The van der Waals surface area contributed by atoms with Crippen LogP contribution in [-0.4, -0.2) is 63.8 Å². The molecule has 35 heavy (non-hydrogen) atoms. The molecule has 1 aliphatic rings.